The number of hydrogen-bond donors (Lipinski definition) is 2. The minimum Gasteiger partial charge on any atom is -0.376 e. The molecule has 0 bridgehead atoms. The summed E-state index contributed by atoms with van der Waals surface area (Å²) in [4.78, 5) is 15.1. The van der Waals surface area contributed by atoms with Crippen LogP contribution in [-0.4, -0.2) is 30.1 Å². The Morgan fingerprint density at radius 2 is 2.37 bits per heavy atom. The third kappa shape index (κ3) is 2.74. The van der Waals surface area contributed by atoms with E-state index in [9.17, 15) is 4.79 Å². The van der Waals surface area contributed by atoms with Gasteiger partial charge in [-0.05, 0) is 37.1 Å². The number of aromatic nitrogens is 1. The van der Waals surface area contributed by atoms with Crippen LogP contribution in [0.4, 0.5) is 0 Å². The molecule has 1 saturated heterocycles. The number of ether oxygens (including phenoxy) is 1. The molecule has 1 aliphatic rings. The number of halogens is 1. The third-order valence-corrected chi connectivity index (χ3v) is 3.58. The monoisotopic (exact) mass is 278 g/mol. The SMILES string of the molecule is O=C(NC[C@@H]1CCCO1)c1cc2cc(Cl)ccc2[nH]1. The van der Waals surface area contributed by atoms with Crippen LogP contribution in [0.15, 0.2) is 24.3 Å². The summed E-state index contributed by atoms with van der Waals surface area (Å²) in [6.07, 6.45) is 2.25. The smallest absolute Gasteiger partial charge is 0.267 e. The molecule has 5 heteroatoms. The Balaban J connectivity index is 1.70. The van der Waals surface area contributed by atoms with Crippen LogP contribution in [0.5, 0.6) is 0 Å². The van der Waals surface area contributed by atoms with Crippen molar-refractivity contribution in [2.45, 2.75) is 18.9 Å². The van der Waals surface area contributed by atoms with Crippen LogP contribution in [0.3, 0.4) is 0 Å². The van der Waals surface area contributed by atoms with Gasteiger partial charge in [0.1, 0.15) is 5.69 Å². The molecule has 1 fully saturated rings. The fraction of sp³-hybridized carbons (Fsp3) is 0.357. The molecule has 1 aliphatic heterocycles. The summed E-state index contributed by atoms with van der Waals surface area (Å²) < 4.78 is 5.47. The van der Waals surface area contributed by atoms with Gasteiger partial charge in [-0.15, -0.1) is 0 Å². The number of aromatic amines is 1. The molecule has 2 N–H and O–H groups in total. The van der Waals surface area contributed by atoms with Gasteiger partial charge in [-0.25, -0.2) is 0 Å². The first-order chi connectivity index (χ1) is 9.22. The van der Waals surface area contributed by atoms with Crippen LogP contribution in [0, 0.1) is 0 Å². The molecule has 2 aromatic rings. The van der Waals surface area contributed by atoms with Crippen molar-refractivity contribution in [1.29, 1.82) is 0 Å². The van der Waals surface area contributed by atoms with Crippen molar-refractivity contribution in [1.82, 2.24) is 10.3 Å². The first-order valence-electron chi connectivity index (χ1n) is 6.40. The average molecular weight is 279 g/mol. The largest absolute Gasteiger partial charge is 0.376 e. The van der Waals surface area contributed by atoms with E-state index in [0.717, 1.165) is 30.4 Å². The molecule has 0 unspecified atom stereocenters. The highest BCUT2D eigenvalue weighted by Gasteiger charge is 2.17. The number of hydrogen-bond acceptors (Lipinski definition) is 2. The van der Waals surface area contributed by atoms with E-state index >= 15 is 0 Å². The number of H-pyrrole nitrogens is 1. The number of nitrogens with one attached hydrogen (secondary N) is 2. The fourth-order valence-electron chi connectivity index (χ4n) is 2.33. The van der Waals surface area contributed by atoms with E-state index in [1.54, 1.807) is 6.07 Å². The van der Waals surface area contributed by atoms with Gasteiger partial charge >= 0.3 is 0 Å². The summed E-state index contributed by atoms with van der Waals surface area (Å²) in [5, 5.41) is 4.49. The highest BCUT2D eigenvalue weighted by Crippen LogP contribution is 2.20. The molecule has 1 amide bonds. The van der Waals surface area contributed by atoms with E-state index in [4.69, 9.17) is 16.3 Å². The molecule has 0 saturated carbocycles. The zero-order chi connectivity index (χ0) is 13.2. The van der Waals surface area contributed by atoms with Gasteiger partial charge < -0.3 is 15.0 Å². The number of carbonyl (C=O) groups excluding carboxylic acids is 1. The lowest BCUT2D eigenvalue weighted by Crippen LogP contribution is -2.31. The molecule has 1 aromatic carbocycles. The Bertz CT molecular complexity index is 603. The lowest BCUT2D eigenvalue weighted by Gasteiger charge is -2.09. The quantitative estimate of drug-likeness (QED) is 0.907. The fourth-order valence-corrected chi connectivity index (χ4v) is 2.51. The Morgan fingerprint density at radius 3 is 3.16 bits per heavy atom. The highest BCUT2D eigenvalue weighted by atomic mass is 35.5. The van der Waals surface area contributed by atoms with Crippen molar-refractivity contribution in [3.63, 3.8) is 0 Å². The van der Waals surface area contributed by atoms with Gasteiger partial charge in [-0.2, -0.15) is 0 Å². The Morgan fingerprint density at radius 1 is 1.47 bits per heavy atom. The lowest BCUT2D eigenvalue weighted by atomic mass is 10.2. The van der Waals surface area contributed by atoms with Crippen LogP contribution in [0.1, 0.15) is 23.3 Å². The molecule has 1 aromatic heterocycles. The van der Waals surface area contributed by atoms with E-state index < -0.39 is 0 Å². The van der Waals surface area contributed by atoms with Gasteiger partial charge in [0.05, 0.1) is 6.10 Å². The molecular formula is C14H15ClN2O2. The van der Waals surface area contributed by atoms with Crippen molar-refractivity contribution in [3.05, 3.63) is 35.0 Å². The molecule has 0 radical (unpaired) electrons. The Labute approximate surface area is 116 Å². The highest BCUT2D eigenvalue weighted by molar-refractivity contribution is 6.31. The van der Waals surface area contributed by atoms with E-state index in [-0.39, 0.29) is 12.0 Å². The molecule has 19 heavy (non-hydrogen) atoms. The summed E-state index contributed by atoms with van der Waals surface area (Å²) in [6.45, 7) is 1.36. The zero-order valence-electron chi connectivity index (χ0n) is 10.4. The van der Waals surface area contributed by atoms with E-state index in [1.165, 1.54) is 0 Å². The summed E-state index contributed by atoms with van der Waals surface area (Å²) >= 11 is 5.92. The molecule has 0 aliphatic carbocycles. The second kappa shape index (κ2) is 5.23. The third-order valence-electron chi connectivity index (χ3n) is 3.34. The normalized spacial score (nSPS) is 18.9. The van der Waals surface area contributed by atoms with Crippen molar-refractivity contribution in [3.8, 4) is 0 Å². The van der Waals surface area contributed by atoms with Crippen LogP contribution < -0.4 is 5.32 Å². The van der Waals surface area contributed by atoms with Crippen molar-refractivity contribution in [2.75, 3.05) is 13.2 Å². The minimum absolute atomic E-state index is 0.108. The van der Waals surface area contributed by atoms with Gasteiger partial charge in [-0.3, -0.25) is 4.79 Å². The number of benzene rings is 1. The molecular weight excluding hydrogens is 264 g/mol. The number of rotatable bonds is 3. The zero-order valence-corrected chi connectivity index (χ0v) is 11.2. The minimum atomic E-state index is -0.108. The number of fused-ring (bicyclic) bond motifs is 1. The maximum Gasteiger partial charge on any atom is 0.267 e. The topological polar surface area (TPSA) is 54.1 Å². The number of amides is 1. The van der Waals surface area contributed by atoms with Crippen LogP contribution in [0.2, 0.25) is 5.02 Å². The second-order valence-corrected chi connectivity index (χ2v) is 5.20. The van der Waals surface area contributed by atoms with E-state index in [2.05, 4.69) is 10.3 Å². The van der Waals surface area contributed by atoms with Crippen molar-refractivity contribution < 1.29 is 9.53 Å². The van der Waals surface area contributed by atoms with Crippen LogP contribution in [0.25, 0.3) is 10.9 Å². The lowest BCUT2D eigenvalue weighted by molar-refractivity contribution is 0.0854. The summed E-state index contributed by atoms with van der Waals surface area (Å²) in [7, 11) is 0. The Hall–Kier alpha value is -1.52. The molecule has 2 heterocycles. The van der Waals surface area contributed by atoms with Crippen molar-refractivity contribution in [2.24, 2.45) is 0 Å². The Kier molecular flexibility index (Phi) is 3.44. The van der Waals surface area contributed by atoms with Crippen molar-refractivity contribution >= 4 is 28.4 Å². The molecule has 0 spiro atoms. The number of carbonyl (C=O) groups is 1. The van der Waals surface area contributed by atoms with Gasteiger partial charge in [0.2, 0.25) is 0 Å². The molecule has 100 valence electrons. The summed E-state index contributed by atoms with van der Waals surface area (Å²) in [5.41, 5.74) is 1.46. The predicted molar refractivity (Wildman–Crippen MR) is 74.6 cm³/mol. The van der Waals surface area contributed by atoms with Crippen LogP contribution in [-0.2, 0) is 4.74 Å². The van der Waals surface area contributed by atoms with Gasteiger partial charge in [0.15, 0.2) is 0 Å². The summed E-state index contributed by atoms with van der Waals surface area (Å²) in [5.74, 6) is -0.108. The van der Waals surface area contributed by atoms with Crippen LogP contribution >= 0.6 is 11.6 Å². The van der Waals surface area contributed by atoms with E-state index in [0.29, 0.717) is 17.3 Å². The van der Waals surface area contributed by atoms with Gasteiger partial charge in [-0.1, -0.05) is 11.6 Å². The maximum absolute atomic E-state index is 12.0. The van der Waals surface area contributed by atoms with Gasteiger partial charge in [0.25, 0.3) is 5.91 Å². The first kappa shape index (κ1) is 12.5. The first-order valence-corrected chi connectivity index (χ1v) is 6.78. The van der Waals surface area contributed by atoms with E-state index in [1.807, 2.05) is 18.2 Å². The molecule has 4 nitrogen and oxygen atoms in total. The molecule has 1 atom stereocenters. The van der Waals surface area contributed by atoms with Gasteiger partial charge in [0, 0.05) is 29.1 Å². The molecule has 3 rings (SSSR count). The summed E-state index contributed by atoms with van der Waals surface area (Å²) in [6, 6.07) is 7.32. The average Bonchev–Trinajstić information content (AvgIpc) is 3.04. The second-order valence-electron chi connectivity index (χ2n) is 4.76. The standard InChI is InChI=1S/C14H15ClN2O2/c15-10-3-4-12-9(6-10)7-13(17-12)14(18)16-8-11-2-1-5-19-11/h3-4,6-7,11,17H,1-2,5,8H2,(H,16,18)/t11-/m0/s1. The predicted octanol–water partition coefficient (Wildman–Crippen LogP) is 2.73. The maximum atomic E-state index is 12.0.